The maximum absolute atomic E-state index is 2.50. The first-order valence-corrected chi connectivity index (χ1v) is 12.2. The summed E-state index contributed by atoms with van der Waals surface area (Å²) in [6.45, 7) is 9.65. The Labute approximate surface area is 190 Å². The third-order valence-electron chi connectivity index (χ3n) is 7.45. The van der Waals surface area contributed by atoms with E-state index in [-0.39, 0.29) is 0 Å². The average molecular weight is 413 g/mol. The highest BCUT2D eigenvalue weighted by atomic mass is 14.3. The second-order valence-electron chi connectivity index (χ2n) is 9.54. The lowest BCUT2D eigenvalue weighted by Crippen LogP contribution is -2.27. The molecule has 0 aromatic heterocycles. The van der Waals surface area contributed by atoms with Crippen molar-refractivity contribution in [2.75, 3.05) is 0 Å². The molecule has 0 radical (unpaired) electrons. The van der Waals surface area contributed by atoms with Crippen LogP contribution in [-0.4, -0.2) is 0 Å². The largest absolute Gasteiger partial charge is 0.0622 e. The zero-order chi connectivity index (χ0) is 22.1. The summed E-state index contributed by atoms with van der Waals surface area (Å²) in [6.07, 6.45) is 5.89. The third kappa shape index (κ3) is 7.10. The molecule has 0 saturated carbocycles. The lowest BCUT2D eigenvalue weighted by Gasteiger charge is -2.33. The Hall–Kier alpha value is -2.34. The first-order chi connectivity index (χ1) is 15.1. The maximum Gasteiger partial charge on any atom is -0.0248 e. The van der Waals surface area contributed by atoms with E-state index >= 15 is 0 Å². The van der Waals surface area contributed by atoms with Gasteiger partial charge in [0.25, 0.3) is 0 Å². The fourth-order valence-corrected chi connectivity index (χ4v) is 4.88. The molecular weight excluding hydrogens is 372 g/mol. The van der Waals surface area contributed by atoms with Crippen LogP contribution in [0.2, 0.25) is 0 Å². The maximum atomic E-state index is 2.50. The molecule has 3 rings (SSSR count). The smallest absolute Gasteiger partial charge is 0.0248 e. The quantitative estimate of drug-likeness (QED) is 0.298. The number of hydrogen-bond donors (Lipinski definition) is 0. The van der Waals surface area contributed by atoms with Gasteiger partial charge in [0.2, 0.25) is 0 Å². The first kappa shape index (κ1) is 23.3. The second-order valence-corrected chi connectivity index (χ2v) is 9.54. The summed E-state index contributed by atoms with van der Waals surface area (Å²) in [7, 11) is 0. The molecule has 0 saturated heterocycles. The number of rotatable bonds is 11. The molecule has 0 heterocycles. The van der Waals surface area contributed by atoms with E-state index in [1.54, 1.807) is 0 Å². The van der Waals surface area contributed by atoms with E-state index in [9.17, 15) is 0 Å². The van der Waals surface area contributed by atoms with Gasteiger partial charge in [0.15, 0.2) is 0 Å². The van der Waals surface area contributed by atoms with Crippen LogP contribution in [0.15, 0.2) is 84.9 Å². The highest BCUT2D eigenvalue weighted by molar-refractivity contribution is 5.23. The van der Waals surface area contributed by atoms with Gasteiger partial charge in [0.05, 0.1) is 0 Å². The highest BCUT2D eigenvalue weighted by Gasteiger charge is 2.26. The molecule has 4 unspecified atom stereocenters. The van der Waals surface area contributed by atoms with Gasteiger partial charge in [-0.25, -0.2) is 0 Å². The second kappa shape index (κ2) is 11.9. The van der Waals surface area contributed by atoms with Crippen molar-refractivity contribution in [3.63, 3.8) is 0 Å². The topological polar surface area (TPSA) is 0 Å². The number of hydrogen-bond acceptors (Lipinski definition) is 0. The minimum absolute atomic E-state index is 0.680. The summed E-state index contributed by atoms with van der Waals surface area (Å²) in [5.41, 5.74) is 5.85. The van der Waals surface area contributed by atoms with Crippen LogP contribution < -0.4 is 0 Å². The fraction of sp³-hybridized carbons (Fsp3) is 0.419. The van der Waals surface area contributed by atoms with E-state index in [4.69, 9.17) is 0 Å². The van der Waals surface area contributed by atoms with Crippen molar-refractivity contribution >= 4 is 0 Å². The van der Waals surface area contributed by atoms with Crippen LogP contribution in [0.1, 0.15) is 56.4 Å². The molecule has 0 spiro atoms. The first-order valence-electron chi connectivity index (χ1n) is 12.2. The predicted octanol–water partition coefficient (Wildman–Crippen LogP) is 8.19. The minimum Gasteiger partial charge on any atom is -0.0622 e. The molecular formula is C31H40. The summed E-state index contributed by atoms with van der Waals surface area (Å²) < 4.78 is 0. The molecule has 31 heavy (non-hydrogen) atoms. The van der Waals surface area contributed by atoms with Crippen LogP contribution in [0.3, 0.4) is 0 Å². The molecule has 0 aliphatic carbocycles. The molecule has 0 bridgehead atoms. The van der Waals surface area contributed by atoms with E-state index in [1.807, 2.05) is 0 Å². The van der Waals surface area contributed by atoms with Crippen molar-refractivity contribution < 1.29 is 0 Å². The van der Waals surface area contributed by atoms with E-state index < -0.39 is 0 Å². The van der Waals surface area contributed by atoms with Crippen LogP contribution in [0.4, 0.5) is 0 Å². The van der Waals surface area contributed by atoms with Crippen molar-refractivity contribution in [2.24, 2.45) is 23.7 Å². The van der Waals surface area contributed by atoms with Gasteiger partial charge in [0.1, 0.15) is 0 Å². The van der Waals surface area contributed by atoms with Crippen LogP contribution in [-0.2, 0) is 25.7 Å². The van der Waals surface area contributed by atoms with Crippen LogP contribution in [0.5, 0.6) is 0 Å². The van der Waals surface area contributed by atoms with Crippen molar-refractivity contribution in [3.05, 3.63) is 107 Å². The Morgan fingerprint density at radius 2 is 1.06 bits per heavy atom. The van der Waals surface area contributed by atoms with E-state index in [0.717, 1.165) is 6.42 Å². The molecule has 3 aromatic carbocycles. The molecule has 3 aromatic rings. The lowest BCUT2D eigenvalue weighted by atomic mass is 9.72. The summed E-state index contributed by atoms with van der Waals surface area (Å²) >= 11 is 0. The van der Waals surface area contributed by atoms with Crippen LogP contribution >= 0.6 is 0 Å². The molecule has 0 nitrogen and oxygen atoms in total. The van der Waals surface area contributed by atoms with Gasteiger partial charge in [-0.3, -0.25) is 0 Å². The number of aryl methyl sites for hydroxylation is 2. The summed E-state index contributed by atoms with van der Waals surface area (Å²) in [5, 5.41) is 0. The summed E-state index contributed by atoms with van der Waals surface area (Å²) in [5.74, 6) is 2.76. The highest BCUT2D eigenvalue weighted by Crippen LogP contribution is 2.33. The van der Waals surface area contributed by atoms with E-state index in [2.05, 4.69) is 113 Å². The Morgan fingerprint density at radius 3 is 1.61 bits per heavy atom. The van der Waals surface area contributed by atoms with Gasteiger partial charge in [-0.2, -0.15) is 0 Å². The molecule has 4 atom stereocenters. The minimum atomic E-state index is 0.680. The van der Waals surface area contributed by atoms with Crippen molar-refractivity contribution in [2.45, 2.75) is 59.8 Å². The molecule has 0 aliphatic heterocycles. The SMILES string of the molecule is CCc1ccc(CCC(Cc2ccccc2)C(C)C(C)C(C)Cc2ccccc2)cc1. The Kier molecular flexibility index (Phi) is 8.95. The Morgan fingerprint density at radius 1 is 0.548 bits per heavy atom. The van der Waals surface area contributed by atoms with Gasteiger partial charge >= 0.3 is 0 Å². The zero-order valence-electron chi connectivity index (χ0n) is 19.9. The fourth-order valence-electron chi connectivity index (χ4n) is 4.88. The van der Waals surface area contributed by atoms with Crippen LogP contribution in [0, 0.1) is 23.7 Å². The number of benzene rings is 3. The van der Waals surface area contributed by atoms with E-state index in [1.165, 1.54) is 47.9 Å². The van der Waals surface area contributed by atoms with E-state index in [0.29, 0.717) is 23.7 Å². The Balaban J connectivity index is 1.68. The average Bonchev–Trinajstić information content (AvgIpc) is 2.82. The van der Waals surface area contributed by atoms with Gasteiger partial charge < -0.3 is 0 Å². The van der Waals surface area contributed by atoms with Crippen molar-refractivity contribution in [3.8, 4) is 0 Å². The zero-order valence-corrected chi connectivity index (χ0v) is 19.9. The molecule has 164 valence electrons. The van der Waals surface area contributed by atoms with Gasteiger partial charge in [-0.15, -0.1) is 0 Å². The molecule has 0 aliphatic rings. The summed E-state index contributed by atoms with van der Waals surface area (Å²) in [6, 6.07) is 31.4. The lowest BCUT2D eigenvalue weighted by molar-refractivity contribution is 0.191. The third-order valence-corrected chi connectivity index (χ3v) is 7.45. The normalized spacial score (nSPS) is 15.2. The Bertz CT molecular complexity index is 863. The van der Waals surface area contributed by atoms with Crippen molar-refractivity contribution in [1.82, 2.24) is 0 Å². The molecule has 0 amide bonds. The molecule has 0 heteroatoms. The van der Waals surface area contributed by atoms with Crippen molar-refractivity contribution in [1.29, 1.82) is 0 Å². The summed E-state index contributed by atoms with van der Waals surface area (Å²) in [4.78, 5) is 0. The molecule has 0 fully saturated rings. The van der Waals surface area contributed by atoms with Crippen LogP contribution in [0.25, 0.3) is 0 Å². The monoisotopic (exact) mass is 412 g/mol. The van der Waals surface area contributed by atoms with Gasteiger partial charge in [0, 0.05) is 0 Å². The standard InChI is InChI=1S/C31H40/c1-5-27-16-18-28(19-17-27)20-21-31(23-30-14-10-7-11-15-30)26(4)25(3)24(2)22-29-12-8-6-9-13-29/h6-19,24-26,31H,5,20-23H2,1-4H3. The molecule has 0 N–H and O–H groups in total. The predicted molar refractivity (Wildman–Crippen MR) is 135 cm³/mol. The van der Waals surface area contributed by atoms with Gasteiger partial charge in [-0.05, 0) is 78.0 Å². The van der Waals surface area contributed by atoms with Gasteiger partial charge in [-0.1, -0.05) is 113 Å².